The van der Waals surface area contributed by atoms with Gasteiger partial charge in [0.25, 0.3) is 0 Å². The molecule has 1 unspecified atom stereocenters. The summed E-state index contributed by atoms with van der Waals surface area (Å²) in [6.07, 6.45) is 0. The molecule has 2 aromatic rings. The summed E-state index contributed by atoms with van der Waals surface area (Å²) in [7, 11) is 1.69. The Morgan fingerprint density at radius 3 is 2.14 bits per heavy atom. The maximum Gasteiger partial charge on any atom is 0.118 e. The predicted octanol–water partition coefficient (Wildman–Crippen LogP) is 5.17. The van der Waals surface area contributed by atoms with Gasteiger partial charge >= 0.3 is 0 Å². The standard InChI is InChI=1S/C19H25NO/c1-14(15-10-12-16(21-5)13-11-15)20-18-9-7-6-8-17(18)19(2,3)4/h6-14,20H,1-5H3. The number of hydrogen-bond donors (Lipinski definition) is 1. The molecule has 0 aliphatic carbocycles. The minimum Gasteiger partial charge on any atom is -0.497 e. The molecule has 1 N–H and O–H groups in total. The van der Waals surface area contributed by atoms with Gasteiger partial charge in [-0.15, -0.1) is 0 Å². The van der Waals surface area contributed by atoms with Crippen molar-refractivity contribution in [3.05, 3.63) is 59.7 Å². The predicted molar refractivity (Wildman–Crippen MR) is 90.2 cm³/mol. The monoisotopic (exact) mass is 283 g/mol. The lowest BCUT2D eigenvalue weighted by molar-refractivity contribution is 0.414. The van der Waals surface area contributed by atoms with Crippen LogP contribution in [0.5, 0.6) is 5.75 Å². The van der Waals surface area contributed by atoms with E-state index in [4.69, 9.17) is 4.74 Å². The molecule has 2 rings (SSSR count). The SMILES string of the molecule is COc1ccc(C(C)Nc2ccccc2C(C)(C)C)cc1. The average Bonchev–Trinajstić information content (AvgIpc) is 2.47. The Balaban J connectivity index is 2.21. The number of nitrogens with one attached hydrogen (secondary N) is 1. The largest absolute Gasteiger partial charge is 0.497 e. The first kappa shape index (κ1) is 15.4. The Labute approximate surface area is 128 Å². The molecule has 0 saturated carbocycles. The highest BCUT2D eigenvalue weighted by atomic mass is 16.5. The second-order valence-corrected chi connectivity index (χ2v) is 6.43. The molecule has 0 saturated heterocycles. The van der Waals surface area contributed by atoms with Crippen LogP contribution in [0, 0.1) is 0 Å². The van der Waals surface area contributed by atoms with E-state index in [-0.39, 0.29) is 11.5 Å². The summed E-state index contributed by atoms with van der Waals surface area (Å²) >= 11 is 0. The summed E-state index contributed by atoms with van der Waals surface area (Å²) in [6.45, 7) is 8.91. The molecule has 0 radical (unpaired) electrons. The van der Waals surface area contributed by atoms with Gasteiger partial charge in [0.15, 0.2) is 0 Å². The second-order valence-electron chi connectivity index (χ2n) is 6.43. The molecule has 2 heteroatoms. The van der Waals surface area contributed by atoms with E-state index in [1.165, 1.54) is 16.8 Å². The molecule has 0 bridgehead atoms. The highest BCUT2D eigenvalue weighted by Crippen LogP contribution is 2.31. The first-order chi connectivity index (χ1) is 9.91. The molecule has 21 heavy (non-hydrogen) atoms. The van der Waals surface area contributed by atoms with Crippen molar-refractivity contribution in [1.29, 1.82) is 0 Å². The molecule has 2 aromatic carbocycles. The Morgan fingerprint density at radius 1 is 0.952 bits per heavy atom. The van der Waals surface area contributed by atoms with Gasteiger partial charge in [-0.3, -0.25) is 0 Å². The first-order valence-electron chi connectivity index (χ1n) is 7.42. The van der Waals surface area contributed by atoms with Gasteiger partial charge in [-0.05, 0) is 41.7 Å². The maximum absolute atomic E-state index is 5.21. The van der Waals surface area contributed by atoms with Crippen LogP contribution in [0.2, 0.25) is 0 Å². The van der Waals surface area contributed by atoms with Crippen LogP contribution < -0.4 is 10.1 Å². The molecular weight excluding hydrogens is 258 g/mol. The Bertz CT molecular complexity index is 581. The summed E-state index contributed by atoms with van der Waals surface area (Å²) in [4.78, 5) is 0. The van der Waals surface area contributed by atoms with Gasteiger partial charge in [-0.1, -0.05) is 51.1 Å². The smallest absolute Gasteiger partial charge is 0.118 e. The Morgan fingerprint density at radius 2 is 1.57 bits per heavy atom. The van der Waals surface area contributed by atoms with Crippen molar-refractivity contribution in [1.82, 2.24) is 0 Å². The molecule has 112 valence electrons. The molecule has 0 amide bonds. The number of ether oxygens (including phenoxy) is 1. The molecule has 0 fully saturated rings. The van der Waals surface area contributed by atoms with Gasteiger partial charge in [-0.25, -0.2) is 0 Å². The van der Waals surface area contributed by atoms with Crippen molar-refractivity contribution < 1.29 is 4.74 Å². The fourth-order valence-corrected chi connectivity index (χ4v) is 2.47. The van der Waals surface area contributed by atoms with Crippen molar-refractivity contribution in [3.63, 3.8) is 0 Å². The molecule has 0 spiro atoms. The number of anilines is 1. The third kappa shape index (κ3) is 3.78. The zero-order chi connectivity index (χ0) is 15.5. The molecule has 0 aliphatic rings. The lowest BCUT2D eigenvalue weighted by Gasteiger charge is -2.25. The highest BCUT2D eigenvalue weighted by molar-refractivity contribution is 5.55. The summed E-state index contributed by atoms with van der Waals surface area (Å²) in [5.74, 6) is 0.890. The minimum absolute atomic E-state index is 0.128. The summed E-state index contributed by atoms with van der Waals surface area (Å²) in [6, 6.07) is 17.0. The third-order valence-electron chi connectivity index (χ3n) is 3.72. The van der Waals surface area contributed by atoms with Crippen LogP contribution in [-0.2, 0) is 5.41 Å². The molecular formula is C19H25NO. The van der Waals surface area contributed by atoms with Crippen molar-refractivity contribution in [3.8, 4) is 5.75 Å². The lowest BCUT2D eigenvalue weighted by atomic mass is 9.85. The zero-order valence-electron chi connectivity index (χ0n) is 13.6. The maximum atomic E-state index is 5.21. The van der Waals surface area contributed by atoms with E-state index >= 15 is 0 Å². The first-order valence-corrected chi connectivity index (χ1v) is 7.42. The molecule has 0 aliphatic heterocycles. The van der Waals surface area contributed by atoms with E-state index in [0.717, 1.165) is 5.75 Å². The fourth-order valence-electron chi connectivity index (χ4n) is 2.47. The van der Waals surface area contributed by atoms with Crippen LogP contribution >= 0.6 is 0 Å². The van der Waals surface area contributed by atoms with Crippen LogP contribution in [0.25, 0.3) is 0 Å². The van der Waals surface area contributed by atoms with E-state index in [1.54, 1.807) is 7.11 Å². The van der Waals surface area contributed by atoms with Crippen molar-refractivity contribution in [2.45, 2.75) is 39.2 Å². The van der Waals surface area contributed by atoms with E-state index in [1.807, 2.05) is 12.1 Å². The van der Waals surface area contributed by atoms with Gasteiger partial charge in [0.1, 0.15) is 5.75 Å². The molecule has 2 nitrogen and oxygen atoms in total. The van der Waals surface area contributed by atoms with Gasteiger partial charge < -0.3 is 10.1 Å². The average molecular weight is 283 g/mol. The van der Waals surface area contributed by atoms with E-state index in [0.29, 0.717) is 0 Å². The normalized spacial score (nSPS) is 12.8. The Hall–Kier alpha value is -1.96. The van der Waals surface area contributed by atoms with Gasteiger partial charge in [0.05, 0.1) is 7.11 Å². The topological polar surface area (TPSA) is 21.3 Å². The van der Waals surface area contributed by atoms with Crippen LogP contribution in [0.4, 0.5) is 5.69 Å². The number of hydrogen-bond acceptors (Lipinski definition) is 2. The molecule has 0 aromatic heterocycles. The third-order valence-corrected chi connectivity index (χ3v) is 3.72. The summed E-state index contributed by atoms with van der Waals surface area (Å²) in [5.41, 5.74) is 3.92. The Kier molecular flexibility index (Phi) is 4.56. The van der Waals surface area contributed by atoms with Crippen molar-refractivity contribution in [2.24, 2.45) is 0 Å². The van der Waals surface area contributed by atoms with Gasteiger partial charge in [0, 0.05) is 11.7 Å². The highest BCUT2D eigenvalue weighted by Gasteiger charge is 2.18. The van der Waals surface area contributed by atoms with E-state index in [2.05, 4.69) is 69.4 Å². The number of para-hydroxylation sites is 1. The van der Waals surface area contributed by atoms with E-state index < -0.39 is 0 Å². The zero-order valence-corrected chi connectivity index (χ0v) is 13.6. The second kappa shape index (κ2) is 6.21. The molecule has 1 atom stereocenters. The number of benzene rings is 2. The van der Waals surface area contributed by atoms with Crippen LogP contribution in [0.3, 0.4) is 0 Å². The quantitative estimate of drug-likeness (QED) is 0.836. The molecule has 0 heterocycles. The fraction of sp³-hybridized carbons (Fsp3) is 0.368. The lowest BCUT2D eigenvalue weighted by Crippen LogP contribution is -2.16. The van der Waals surface area contributed by atoms with Crippen LogP contribution in [0.1, 0.15) is 44.9 Å². The number of methoxy groups -OCH3 is 1. The summed E-state index contributed by atoms with van der Waals surface area (Å²) in [5, 5.41) is 3.63. The van der Waals surface area contributed by atoms with Crippen LogP contribution in [-0.4, -0.2) is 7.11 Å². The minimum atomic E-state index is 0.128. The van der Waals surface area contributed by atoms with Gasteiger partial charge in [-0.2, -0.15) is 0 Å². The van der Waals surface area contributed by atoms with Gasteiger partial charge in [0.2, 0.25) is 0 Å². The summed E-state index contributed by atoms with van der Waals surface area (Å²) < 4.78 is 5.21. The number of rotatable bonds is 4. The van der Waals surface area contributed by atoms with E-state index in [9.17, 15) is 0 Å². The van der Waals surface area contributed by atoms with Crippen LogP contribution in [0.15, 0.2) is 48.5 Å². The van der Waals surface area contributed by atoms with Crippen molar-refractivity contribution >= 4 is 5.69 Å². The van der Waals surface area contributed by atoms with Crippen molar-refractivity contribution in [2.75, 3.05) is 12.4 Å².